The summed E-state index contributed by atoms with van der Waals surface area (Å²) in [5.74, 6) is -0.898. The maximum atomic E-state index is 12.9. The summed E-state index contributed by atoms with van der Waals surface area (Å²) in [5, 5.41) is 8.83. The molecule has 0 saturated heterocycles. The van der Waals surface area contributed by atoms with E-state index in [1.807, 2.05) is 13.0 Å². The molecule has 8 heteroatoms. The average molecular weight is 389 g/mol. The van der Waals surface area contributed by atoms with E-state index in [4.69, 9.17) is 0 Å². The van der Waals surface area contributed by atoms with Crippen molar-refractivity contribution in [1.82, 2.24) is 19.7 Å². The van der Waals surface area contributed by atoms with Crippen LogP contribution in [0.4, 0.5) is 5.69 Å². The van der Waals surface area contributed by atoms with Crippen molar-refractivity contribution in [2.24, 2.45) is 0 Å². The van der Waals surface area contributed by atoms with Crippen LogP contribution >= 0.6 is 0 Å². The van der Waals surface area contributed by atoms with Crippen LogP contribution in [0.1, 0.15) is 25.5 Å². The SMILES string of the molecule is CCn1nc([C@@H](C)C(=O)Nc2ccc3nc[nH]c(=O)c3c2)c2ccccc2c1=O. The summed E-state index contributed by atoms with van der Waals surface area (Å²) in [6.07, 6.45) is 1.34. The van der Waals surface area contributed by atoms with E-state index in [1.165, 1.54) is 11.0 Å². The third kappa shape index (κ3) is 3.29. The molecule has 8 nitrogen and oxygen atoms in total. The van der Waals surface area contributed by atoms with E-state index in [9.17, 15) is 14.4 Å². The summed E-state index contributed by atoms with van der Waals surface area (Å²) in [7, 11) is 0. The molecule has 1 atom stereocenters. The quantitative estimate of drug-likeness (QED) is 0.557. The van der Waals surface area contributed by atoms with E-state index >= 15 is 0 Å². The Hall–Kier alpha value is -3.81. The van der Waals surface area contributed by atoms with E-state index in [2.05, 4.69) is 20.4 Å². The van der Waals surface area contributed by atoms with Gasteiger partial charge >= 0.3 is 0 Å². The zero-order chi connectivity index (χ0) is 20.5. The highest BCUT2D eigenvalue weighted by molar-refractivity contribution is 5.99. The summed E-state index contributed by atoms with van der Waals surface area (Å²) in [5.41, 5.74) is 1.10. The predicted molar refractivity (Wildman–Crippen MR) is 111 cm³/mol. The van der Waals surface area contributed by atoms with E-state index in [-0.39, 0.29) is 17.0 Å². The fourth-order valence-corrected chi connectivity index (χ4v) is 3.32. The monoisotopic (exact) mass is 389 g/mol. The molecule has 1 amide bonds. The number of aromatic amines is 1. The molecule has 0 radical (unpaired) electrons. The number of carbonyl (C=O) groups excluding carboxylic acids is 1. The molecule has 4 aromatic rings. The van der Waals surface area contributed by atoms with Crippen molar-refractivity contribution in [3.63, 3.8) is 0 Å². The van der Waals surface area contributed by atoms with Gasteiger partial charge in [-0.05, 0) is 38.1 Å². The van der Waals surface area contributed by atoms with Crippen LogP contribution in [0.3, 0.4) is 0 Å². The lowest BCUT2D eigenvalue weighted by Gasteiger charge is -2.16. The van der Waals surface area contributed by atoms with Gasteiger partial charge in [0.05, 0.1) is 34.2 Å². The molecule has 0 spiro atoms. The zero-order valence-corrected chi connectivity index (χ0v) is 16.0. The highest BCUT2D eigenvalue weighted by atomic mass is 16.2. The molecule has 0 aliphatic carbocycles. The fraction of sp³-hybridized carbons (Fsp3) is 0.190. The van der Waals surface area contributed by atoms with Crippen molar-refractivity contribution in [3.05, 3.63) is 75.2 Å². The molecule has 0 fully saturated rings. The number of nitrogens with zero attached hydrogens (tertiary/aromatic N) is 3. The fourth-order valence-electron chi connectivity index (χ4n) is 3.32. The van der Waals surface area contributed by atoms with Crippen LogP contribution in [0.5, 0.6) is 0 Å². The summed E-state index contributed by atoms with van der Waals surface area (Å²) >= 11 is 0. The maximum absolute atomic E-state index is 12.9. The largest absolute Gasteiger partial charge is 0.325 e. The van der Waals surface area contributed by atoms with Crippen LogP contribution in [0.2, 0.25) is 0 Å². The Balaban J connectivity index is 1.72. The van der Waals surface area contributed by atoms with Crippen molar-refractivity contribution in [3.8, 4) is 0 Å². The summed E-state index contributed by atoms with van der Waals surface area (Å²) in [6, 6.07) is 12.1. The van der Waals surface area contributed by atoms with Gasteiger partial charge in [0, 0.05) is 17.6 Å². The molecule has 0 aliphatic rings. The van der Waals surface area contributed by atoms with E-state index in [0.717, 1.165) is 0 Å². The second-order valence-corrected chi connectivity index (χ2v) is 6.73. The van der Waals surface area contributed by atoms with Crippen LogP contribution in [0.15, 0.2) is 58.4 Å². The van der Waals surface area contributed by atoms with Gasteiger partial charge in [0.1, 0.15) is 0 Å². The molecule has 2 heterocycles. The lowest BCUT2D eigenvalue weighted by molar-refractivity contribution is -0.117. The molecule has 0 bridgehead atoms. The van der Waals surface area contributed by atoms with Crippen molar-refractivity contribution in [2.75, 3.05) is 5.32 Å². The van der Waals surface area contributed by atoms with Gasteiger partial charge in [-0.25, -0.2) is 9.67 Å². The molecule has 146 valence electrons. The lowest BCUT2D eigenvalue weighted by Crippen LogP contribution is -2.27. The third-order valence-corrected chi connectivity index (χ3v) is 4.91. The zero-order valence-electron chi connectivity index (χ0n) is 16.0. The first-order chi connectivity index (χ1) is 14.0. The van der Waals surface area contributed by atoms with E-state index in [0.29, 0.717) is 39.6 Å². The van der Waals surface area contributed by atoms with E-state index in [1.54, 1.807) is 43.3 Å². The number of aryl methyl sites for hydroxylation is 1. The van der Waals surface area contributed by atoms with Gasteiger partial charge in [-0.2, -0.15) is 5.10 Å². The Morgan fingerprint density at radius 1 is 1.14 bits per heavy atom. The number of fused-ring (bicyclic) bond motifs is 2. The standard InChI is InChI=1S/C21H19N5O3/c1-3-26-21(29)15-7-5-4-6-14(15)18(25-26)12(2)19(27)24-13-8-9-17-16(10-13)20(28)23-11-22-17/h4-12H,3H2,1-2H3,(H,24,27)(H,22,23,28)/t12-/m1/s1. The number of hydrogen-bond acceptors (Lipinski definition) is 5. The minimum atomic E-state index is -0.610. The second kappa shape index (κ2) is 7.31. The highest BCUT2D eigenvalue weighted by Gasteiger charge is 2.22. The summed E-state index contributed by atoms with van der Waals surface area (Å²) in [4.78, 5) is 44.0. The Morgan fingerprint density at radius 3 is 2.66 bits per heavy atom. The van der Waals surface area contributed by atoms with Crippen LogP contribution in [0, 0.1) is 0 Å². The predicted octanol–water partition coefficient (Wildman–Crippen LogP) is 2.40. The van der Waals surface area contributed by atoms with E-state index < -0.39 is 5.92 Å². The van der Waals surface area contributed by atoms with Gasteiger partial charge in [-0.1, -0.05) is 18.2 Å². The molecule has 0 unspecified atom stereocenters. The third-order valence-electron chi connectivity index (χ3n) is 4.91. The van der Waals surface area contributed by atoms with Crippen molar-refractivity contribution >= 4 is 33.3 Å². The van der Waals surface area contributed by atoms with Crippen LogP contribution < -0.4 is 16.4 Å². The minimum absolute atomic E-state index is 0.180. The number of anilines is 1. The lowest BCUT2D eigenvalue weighted by atomic mass is 10.0. The Morgan fingerprint density at radius 2 is 1.90 bits per heavy atom. The summed E-state index contributed by atoms with van der Waals surface area (Å²) in [6.45, 7) is 3.98. The van der Waals surface area contributed by atoms with Gasteiger partial charge in [0.25, 0.3) is 11.1 Å². The van der Waals surface area contributed by atoms with Crippen molar-refractivity contribution in [1.29, 1.82) is 0 Å². The highest BCUT2D eigenvalue weighted by Crippen LogP contribution is 2.23. The second-order valence-electron chi connectivity index (χ2n) is 6.73. The van der Waals surface area contributed by atoms with Crippen molar-refractivity contribution in [2.45, 2.75) is 26.3 Å². The number of hydrogen-bond donors (Lipinski definition) is 2. The Labute approximate surface area is 165 Å². The number of benzene rings is 2. The molecule has 2 N–H and O–H groups in total. The van der Waals surface area contributed by atoms with Crippen LogP contribution in [0.25, 0.3) is 21.7 Å². The molecule has 0 saturated carbocycles. The molecule has 2 aromatic heterocycles. The van der Waals surface area contributed by atoms with Gasteiger partial charge < -0.3 is 10.3 Å². The normalized spacial score (nSPS) is 12.2. The molecular formula is C21H19N5O3. The molecular weight excluding hydrogens is 370 g/mol. The van der Waals surface area contributed by atoms with Crippen molar-refractivity contribution < 1.29 is 4.79 Å². The number of nitrogens with one attached hydrogen (secondary N) is 2. The summed E-state index contributed by atoms with van der Waals surface area (Å²) < 4.78 is 1.36. The number of carbonyl (C=O) groups is 1. The maximum Gasteiger partial charge on any atom is 0.274 e. The number of aromatic nitrogens is 4. The molecule has 29 heavy (non-hydrogen) atoms. The number of H-pyrrole nitrogens is 1. The molecule has 4 rings (SSSR count). The van der Waals surface area contributed by atoms with Gasteiger partial charge in [0.15, 0.2) is 0 Å². The Kier molecular flexibility index (Phi) is 4.67. The first kappa shape index (κ1) is 18.5. The number of rotatable bonds is 4. The van der Waals surface area contributed by atoms with Crippen LogP contribution in [-0.2, 0) is 11.3 Å². The first-order valence-corrected chi connectivity index (χ1v) is 9.27. The first-order valence-electron chi connectivity index (χ1n) is 9.27. The van der Waals surface area contributed by atoms with Crippen LogP contribution in [-0.4, -0.2) is 25.7 Å². The van der Waals surface area contributed by atoms with Gasteiger partial charge in [-0.15, -0.1) is 0 Å². The molecule has 2 aromatic carbocycles. The average Bonchev–Trinajstić information content (AvgIpc) is 2.74. The molecule has 0 aliphatic heterocycles. The minimum Gasteiger partial charge on any atom is -0.325 e. The smallest absolute Gasteiger partial charge is 0.274 e. The number of amides is 1. The topological polar surface area (TPSA) is 110 Å². The van der Waals surface area contributed by atoms with Gasteiger partial charge in [-0.3, -0.25) is 14.4 Å². The van der Waals surface area contributed by atoms with Gasteiger partial charge in [0.2, 0.25) is 5.91 Å². The Bertz CT molecular complexity index is 1360.